The molecule has 0 radical (unpaired) electrons. The van der Waals surface area contributed by atoms with Crippen molar-refractivity contribution in [3.8, 4) is 0 Å². The summed E-state index contributed by atoms with van der Waals surface area (Å²) in [6, 6.07) is 8.46. The van der Waals surface area contributed by atoms with Crippen LogP contribution in [0.25, 0.3) is 0 Å². The maximum atomic E-state index is 9.72. The molecule has 0 spiro atoms. The van der Waals surface area contributed by atoms with Crippen molar-refractivity contribution < 1.29 is 5.11 Å². The maximum Gasteiger partial charge on any atom is 0.0621 e. The monoisotopic (exact) mass is 253 g/mol. The van der Waals surface area contributed by atoms with Gasteiger partial charge < -0.3 is 10.4 Å². The van der Waals surface area contributed by atoms with Crippen molar-refractivity contribution >= 4 is 11.6 Å². The lowest BCUT2D eigenvalue weighted by Gasteiger charge is -2.50. The summed E-state index contributed by atoms with van der Waals surface area (Å²) < 4.78 is 0. The smallest absolute Gasteiger partial charge is 0.0621 e. The number of aliphatic hydroxyl groups excluding tert-OH is 1. The topological polar surface area (TPSA) is 32.3 Å². The lowest BCUT2D eigenvalue weighted by molar-refractivity contribution is -0.0754. The molecule has 3 atom stereocenters. The Bertz CT molecular complexity index is 405. The van der Waals surface area contributed by atoms with E-state index in [1.807, 2.05) is 24.3 Å². The molecule has 2 N–H and O–H groups in total. The number of hydrogen-bond acceptors (Lipinski definition) is 2. The van der Waals surface area contributed by atoms with Gasteiger partial charge in [0.15, 0.2) is 0 Å². The second-order valence-corrected chi connectivity index (χ2v) is 5.94. The Hall–Kier alpha value is -0.570. The zero-order chi connectivity index (χ0) is 12.6. The van der Waals surface area contributed by atoms with E-state index in [0.717, 1.165) is 17.0 Å². The predicted molar refractivity (Wildman–Crippen MR) is 71.2 cm³/mol. The Morgan fingerprint density at radius 1 is 1.41 bits per heavy atom. The van der Waals surface area contributed by atoms with Gasteiger partial charge in [0.25, 0.3) is 0 Å². The van der Waals surface area contributed by atoms with Crippen molar-refractivity contribution in [1.29, 1.82) is 0 Å². The lowest BCUT2D eigenvalue weighted by Crippen LogP contribution is -2.60. The minimum Gasteiger partial charge on any atom is -0.392 e. The number of hydrogen-bond donors (Lipinski definition) is 2. The molecule has 0 saturated heterocycles. The fourth-order valence-corrected chi connectivity index (χ4v) is 2.70. The van der Waals surface area contributed by atoms with E-state index in [0.29, 0.717) is 6.04 Å². The first-order valence-electron chi connectivity index (χ1n) is 6.11. The maximum absolute atomic E-state index is 9.72. The summed E-state index contributed by atoms with van der Waals surface area (Å²) in [5.74, 6) is 0. The molecule has 1 saturated carbocycles. The lowest BCUT2D eigenvalue weighted by atomic mass is 9.64. The van der Waals surface area contributed by atoms with E-state index < -0.39 is 0 Å². The van der Waals surface area contributed by atoms with E-state index in [9.17, 15) is 5.11 Å². The van der Waals surface area contributed by atoms with Gasteiger partial charge in [-0.2, -0.15) is 0 Å². The second-order valence-electron chi connectivity index (χ2n) is 5.54. The van der Waals surface area contributed by atoms with Crippen LogP contribution in [0, 0.1) is 5.41 Å². The summed E-state index contributed by atoms with van der Waals surface area (Å²) in [6.45, 7) is 6.30. The van der Waals surface area contributed by atoms with Crippen LogP contribution in [0.5, 0.6) is 0 Å². The Morgan fingerprint density at radius 3 is 2.59 bits per heavy atom. The van der Waals surface area contributed by atoms with Crippen molar-refractivity contribution in [2.75, 3.05) is 0 Å². The van der Waals surface area contributed by atoms with Crippen molar-refractivity contribution in [3.05, 3.63) is 34.9 Å². The van der Waals surface area contributed by atoms with Gasteiger partial charge in [-0.15, -0.1) is 0 Å². The van der Waals surface area contributed by atoms with E-state index >= 15 is 0 Å². The molecule has 0 bridgehead atoms. The first-order chi connectivity index (χ1) is 7.93. The fourth-order valence-electron chi connectivity index (χ4n) is 2.40. The van der Waals surface area contributed by atoms with Crippen LogP contribution in [0.3, 0.4) is 0 Å². The summed E-state index contributed by atoms with van der Waals surface area (Å²) in [5.41, 5.74) is 1.07. The van der Waals surface area contributed by atoms with Gasteiger partial charge in [-0.3, -0.25) is 0 Å². The normalized spacial score (nSPS) is 28.5. The van der Waals surface area contributed by atoms with Crippen LogP contribution in [0.4, 0.5) is 0 Å². The van der Waals surface area contributed by atoms with Gasteiger partial charge in [0.1, 0.15) is 0 Å². The molecule has 3 unspecified atom stereocenters. The van der Waals surface area contributed by atoms with Gasteiger partial charge >= 0.3 is 0 Å². The van der Waals surface area contributed by atoms with E-state index in [4.69, 9.17) is 11.6 Å². The van der Waals surface area contributed by atoms with Gasteiger partial charge in [-0.1, -0.05) is 43.6 Å². The van der Waals surface area contributed by atoms with E-state index in [2.05, 4.69) is 26.1 Å². The van der Waals surface area contributed by atoms with Crippen LogP contribution in [-0.2, 0) is 0 Å². The molecule has 1 aliphatic carbocycles. The molecule has 94 valence electrons. The molecule has 0 amide bonds. The SMILES string of the molecule is CC(NC1CC(O)C1(C)C)c1ccccc1Cl. The van der Waals surface area contributed by atoms with Gasteiger partial charge in [0, 0.05) is 22.5 Å². The third-order valence-corrected chi connectivity index (χ3v) is 4.38. The molecule has 3 heteroatoms. The van der Waals surface area contributed by atoms with E-state index in [-0.39, 0.29) is 17.6 Å². The number of aliphatic hydroxyl groups is 1. The van der Waals surface area contributed by atoms with Crippen molar-refractivity contribution in [3.63, 3.8) is 0 Å². The molecule has 1 aromatic carbocycles. The van der Waals surface area contributed by atoms with Crippen LogP contribution in [-0.4, -0.2) is 17.3 Å². The highest BCUT2D eigenvalue weighted by Crippen LogP contribution is 2.41. The number of benzene rings is 1. The number of rotatable bonds is 3. The summed E-state index contributed by atoms with van der Waals surface area (Å²) in [7, 11) is 0. The highest BCUT2D eigenvalue weighted by molar-refractivity contribution is 6.31. The Labute approximate surface area is 108 Å². The largest absolute Gasteiger partial charge is 0.392 e. The van der Waals surface area contributed by atoms with Crippen LogP contribution in [0.1, 0.15) is 38.8 Å². The van der Waals surface area contributed by atoms with E-state index in [1.165, 1.54) is 0 Å². The summed E-state index contributed by atoms with van der Waals surface area (Å²) in [5, 5.41) is 14.1. The van der Waals surface area contributed by atoms with Crippen molar-refractivity contribution in [2.24, 2.45) is 5.41 Å². The van der Waals surface area contributed by atoms with Gasteiger partial charge in [0.2, 0.25) is 0 Å². The Morgan fingerprint density at radius 2 is 2.06 bits per heavy atom. The molecular formula is C14H20ClNO. The molecule has 0 aromatic heterocycles. The number of halogens is 1. The quantitative estimate of drug-likeness (QED) is 0.867. The summed E-state index contributed by atoms with van der Waals surface area (Å²) >= 11 is 6.17. The second kappa shape index (κ2) is 4.60. The molecular weight excluding hydrogens is 234 g/mol. The highest BCUT2D eigenvalue weighted by Gasteiger charge is 2.47. The van der Waals surface area contributed by atoms with Crippen molar-refractivity contribution in [2.45, 2.75) is 45.4 Å². The van der Waals surface area contributed by atoms with Crippen LogP contribution in [0.2, 0.25) is 5.02 Å². The first-order valence-corrected chi connectivity index (χ1v) is 6.49. The molecule has 1 aliphatic rings. The average Bonchev–Trinajstić information content (AvgIpc) is 2.29. The molecule has 17 heavy (non-hydrogen) atoms. The molecule has 1 aromatic rings. The van der Waals surface area contributed by atoms with Crippen LogP contribution >= 0.6 is 11.6 Å². The van der Waals surface area contributed by atoms with Crippen LogP contribution < -0.4 is 5.32 Å². The minimum absolute atomic E-state index is 0.0461. The molecule has 2 rings (SSSR count). The van der Waals surface area contributed by atoms with Crippen LogP contribution in [0.15, 0.2) is 24.3 Å². The molecule has 2 nitrogen and oxygen atoms in total. The predicted octanol–water partition coefficient (Wildman–Crippen LogP) is 3.15. The average molecular weight is 254 g/mol. The standard InChI is InChI=1S/C14H20ClNO/c1-9(10-6-4-5-7-11(10)15)16-12-8-13(17)14(12,2)3/h4-7,9,12-13,16-17H,8H2,1-3H3. The first kappa shape index (κ1) is 12.9. The summed E-state index contributed by atoms with van der Waals surface area (Å²) in [4.78, 5) is 0. The number of nitrogens with one attached hydrogen (secondary N) is 1. The van der Waals surface area contributed by atoms with Gasteiger partial charge in [0.05, 0.1) is 6.10 Å². The van der Waals surface area contributed by atoms with Gasteiger partial charge in [-0.25, -0.2) is 0 Å². The molecule has 0 aliphatic heterocycles. The van der Waals surface area contributed by atoms with Gasteiger partial charge in [-0.05, 0) is 25.0 Å². The highest BCUT2D eigenvalue weighted by atomic mass is 35.5. The Kier molecular flexibility index (Phi) is 3.48. The minimum atomic E-state index is -0.196. The zero-order valence-corrected chi connectivity index (χ0v) is 11.3. The third kappa shape index (κ3) is 2.35. The van der Waals surface area contributed by atoms with Crippen molar-refractivity contribution in [1.82, 2.24) is 5.32 Å². The van der Waals surface area contributed by atoms with E-state index in [1.54, 1.807) is 0 Å². The Balaban J connectivity index is 2.04. The summed E-state index contributed by atoms with van der Waals surface area (Å²) in [6.07, 6.45) is 0.625. The third-order valence-electron chi connectivity index (χ3n) is 4.04. The zero-order valence-electron chi connectivity index (χ0n) is 10.6. The molecule has 0 heterocycles. The fraction of sp³-hybridized carbons (Fsp3) is 0.571. The molecule has 1 fully saturated rings.